The molecule has 4 amide bonds. The summed E-state index contributed by atoms with van der Waals surface area (Å²) in [6.45, 7) is -0.406. The quantitative estimate of drug-likeness (QED) is 0.116. The molecule has 0 aromatic heterocycles. The van der Waals surface area contributed by atoms with Crippen molar-refractivity contribution in [2.24, 2.45) is 16.5 Å². The van der Waals surface area contributed by atoms with E-state index in [1.54, 1.807) is 18.2 Å². The van der Waals surface area contributed by atoms with Crippen LogP contribution in [0.15, 0.2) is 53.5 Å². The van der Waals surface area contributed by atoms with E-state index in [1.807, 2.05) is 0 Å². The molecule has 36 heavy (non-hydrogen) atoms. The number of guanidine groups is 1. The first-order valence-electron chi connectivity index (χ1n) is 10.6. The third-order valence-corrected chi connectivity index (χ3v) is 5.26. The van der Waals surface area contributed by atoms with E-state index in [-0.39, 0.29) is 49.0 Å². The summed E-state index contributed by atoms with van der Waals surface area (Å²) >= 11 is 0. The highest BCUT2D eigenvalue weighted by Crippen LogP contribution is 2.27. The summed E-state index contributed by atoms with van der Waals surface area (Å²) in [4.78, 5) is 65.6. The summed E-state index contributed by atoms with van der Waals surface area (Å²) in [7, 11) is 0. The topological polar surface area (TPSA) is 215 Å². The van der Waals surface area contributed by atoms with Gasteiger partial charge in [-0.25, -0.2) is 19.5 Å². The highest BCUT2D eigenvalue weighted by molar-refractivity contribution is 6.05. The molecule has 1 aliphatic rings. The summed E-state index contributed by atoms with van der Waals surface area (Å²) < 4.78 is 0. The van der Waals surface area contributed by atoms with E-state index in [0.717, 1.165) is 11.0 Å². The molecule has 2 aromatic rings. The van der Waals surface area contributed by atoms with Gasteiger partial charge in [-0.05, 0) is 17.2 Å². The number of hydrogen-bond acceptors (Lipinski definition) is 7. The Labute approximate surface area is 204 Å². The molecule has 2 aromatic carbocycles. The van der Waals surface area contributed by atoms with Crippen molar-refractivity contribution in [2.45, 2.75) is 12.5 Å². The number of aliphatic imine (C=N–C) groups is 1. The monoisotopic (exact) mass is 497 g/mol. The zero-order valence-electron chi connectivity index (χ0n) is 18.9. The molecule has 0 radical (unpaired) electrons. The molecule has 3 rings (SSSR count). The number of nitrogens with zero attached hydrogens (tertiary/aromatic N) is 4. The SMILES string of the molecule is NC(N)=Nc1cc([N+](=O)[O-])ccc1CC(=O)NCCN1CC(=O)N(C(C(=O)O)c2ccccc2)C1=O. The number of nitrogens with one attached hydrogen (secondary N) is 1. The van der Waals surface area contributed by atoms with Crippen molar-refractivity contribution in [1.82, 2.24) is 15.1 Å². The average Bonchev–Trinajstić information content (AvgIpc) is 3.08. The van der Waals surface area contributed by atoms with Gasteiger partial charge >= 0.3 is 12.0 Å². The molecule has 0 spiro atoms. The van der Waals surface area contributed by atoms with Crippen LogP contribution in [0, 0.1) is 10.1 Å². The molecule has 6 N–H and O–H groups in total. The molecule has 1 fully saturated rings. The van der Waals surface area contributed by atoms with Gasteiger partial charge in [0, 0.05) is 25.2 Å². The minimum Gasteiger partial charge on any atom is -0.479 e. The maximum Gasteiger partial charge on any atom is 0.331 e. The van der Waals surface area contributed by atoms with Crippen LogP contribution in [0.25, 0.3) is 0 Å². The number of urea groups is 1. The fraction of sp³-hybridized carbons (Fsp3) is 0.227. The molecule has 188 valence electrons. The molecule has 14 nitrogen and oxygen atoms in total. The van der Waals surface area contributed by atoms with Crippen molar-refractivity contribution < 1.29 is 29.2 Å². The first-order valence-corrected chi connectivity index (χ1v) is 10.6. The maximum atomic E-state index is 12.8. The van der Waals surface area contributed by atoms with Crippen LogP contribution in [0.3, 0.4) is 0 Å². The number of carbonyl (C=O) groups is 4. The van der Waals surface area contributed by atoms with Gasteiger partial charge < -0.3 is 26.8 Å². The zero-order chi connectivity index (χ0) is 26.4. The summed E-state index contributed by atoms with van der Waals surface area (Å²) in [5.41, 5.74) is 11.2. The van der Waals surface area contributed by atoms with Gasteiger partial charge in [-0.3, -0.25) is 19.7 Å². The Hall–Kier alpha value is -5.01. The third-order valence-electron chi connectivity index (χ3n) is 5.26. The number of nitro groups is 1. The highest BCUT2D eigenvalue weighted by Gasteiger charge is 2.44. The second-order valence-corrected chi connectivity index (χ2v) is 7.75. The van der Waals surface area contributed by atoms with Gasteiger partial charge in [-0.1, -0.05) is 30.3 Å². The van der Waals surface area contributed by atoms with Crippen LogP contribution in [-0.2, 0) is 20.8 Å². The number of hydrogen-bond donors (Lipinski definition) is 4. The number of nitro benzene ring substituents is 1. The zero-order valence-corrected chi connectivity index (χ0v) is 18.9. The Morgan fingerprint density at radius 2 is 1.86 bits per heavy atom. The smallest absolute Gasteiger partial charge is 0.331 e. The Kier molecular flexibility index (Phi) is 7.79. The van der Waals surface area contributed by atoms with Crippen molar-refractivity contribution in [3.8, 4) is 0 Å². The lowest BCUT2D eigenvalue weighted by molar-refractivity contribution is -0.384. The number of aliphatic carboxylic acids is 1. The van der Waals surface area contributed by atoms with E-state index in [0.29, 0.717) is 10.5 Å². The van der Waals surface area contributed by atoms with Crippen molar-refractivity contribution >= 4 is 41.1 Å². The minimum absolute atomic E-state index is 0.0284. The van der Waals surface area contributed by atoms with Crippen LogP contribution < -0.4 is 16.8 Å². The summed E-state index contributed by atoms with van der Waals surface area (Å²) in [5.74, 6) is -2.85. The lowest BCUT2D eigenvalue weighted by Crippen LogP contribution is -2.41. The highest BCUT2D eigenvalue weighted by atomic mass is 16.6. The third kappa shape index (κ3) is 5.91. The van der Waals surface area contributed by atoms with Crippen molar-refractivity contribution in [1.29, 1.82) is 0 Å². The second kappa shape index (κ2) is 10.9. The average molecular weight is 497 g/mol. The van der Waals surface area contributed by atoms with Crippen LogP contribution in [0.5, 0.6) is 0 Å². The van der Waals surface area contributed by atoms with E-state index in [2.05, 4.69) is 10.3 Å². The predicted octanol–water partition coefficient (Wildman–Crippen LogP) is 0.249. The van der Waals surface area contributed by atoms with Crippen molar-refractivity contribution in [3.63, 3.8) is 0 Å². The van der Waals surface area contributed by atoms with Crippen LogP contribution >= 0.6 is 0 Å². The van der Waals surface area contributed by atoms with Crippen molar-refractivity contribution in [3.05, 3.63) is 69.8 Å². The van der Waals surface area contributed by atoms with Gasteiger partial charge in [0.2, 0.25) is 5.91 Å². The number of carboxylic acid groups (broad SMARTS) is 1. The number of rotatable bonds is 10. The van der Waals surface area contributed by atoms with Gasteiger partial charge in [0.25, 0.3) is 11.6 Å². The van der Waals surface area contributed by atoms with E-state index < -0.39 is 34.8 Å². The Morgan fingerprint density at radius 1 is 1.17 bits per heavy atom. The van der Waals surface area contributed by atoms with E-state index in [4.69, 9.17) is 11.5 Å². The molecule has 1 heterocycles. The van der Waals surface area contributed by atoms with E-state index in [9.17, 15) is 34.4 Å². The van der Waals surface area contributed by atoms with Gasteiger partial charge in [-0.2, -0.15) is 0 Å². The number of amides is 4. The molecular formula is C22H23N7O7. The lowest BCUT2D eigenvalue weighted by Gasteiger charge is -2.23. The standard InChI is InChI=1S/C22H23N7O7/c23-21(24)26-16-11-15(29(35)36)7-6-14(16)10-17(30)25-8-9-27-12-18(31)28(22(27)34)19(20(32)33)13-4-2-1-3-5-13/h1-7,11,19H,8-10,12H2,(H,25,30)(H,32,33)(H4,23,24,26). The van der Waals surface area contributed by atoms with Gasteiger partial charge in [0.05, 0.1) is 17.0 Å². The van der Waals surface area contributed by atoms with Crippen LogP contribution in [-0.4, -0.2) is 69.2 Å². The normalized spacial score (nSPS) is 13.9. The second-order valence-electron chi connectivity index (χ2n) is 7.75. The van der Waals surface area contributed by atoms with Gasteiger partial charge in [-0.15, -0.1) is 0 Å². The fourth-order valence-electron chi connectivity index (χ4n) is 3.66. The van der Waals surface area contributed by atoms with Crippen LogP contribution in [0.1, 0.15) is 17.2 Å². The molecule has 1 saturated heterocycles. The number of benzene rings is 2. The fourth-order valence-corrected chi connectivity index (χ4v) is 3.66. The number of imide groups is 1. The molecule has 1 atom stereocenters. The molecule has 1 unspecified atom stereocenters. The predicted molar refractivity (Wildman–Crippen MR) is 126 cm³/mol. The summed E-state index contributed by atoms with van der Waals surface area (Å²) in [6.07, 6.45) is -0.210. The Bertz CT molecular complexity index is 1230. The Balaban J connectivity index is 1.62. The van der Waals surface area contributed by atoms with E-state index in [1.165, 1.54) is 24.3 Å². The molecule has 0 aliphatic carbocycles. The summed E-state index contributed by atoms with van der Waals surface area (Å²) in [6, 6.07) is 9.37. The largest absolute Gasteiger partial charge is 0.479 e. The summed E-state index contributed by atoms with van der Waals surface area (Å²) in [5, 5.41) is 23.2. The van der Waals surface area contributed by atoms with Crippen molar-refractivity contribution in [2.75, 3.05) is 19.6 Å². The number of nitrogens with two attached hydrogens (primary N) is 2. The number of non-ortho nitro benzene ring substituents is 1. The van der Waals surface area contributed by atoms with Crippen LogP contribution in [0.2, 0.25) is 0 Å². The lowest BCUT2D eigenvalue weighted by atomic mass is 10.1. The Morgan fingerprint density at radius 3 is 2.47 bits per heavy atom. The number of carboxylic acids is 1. The van der Waals surface area contributed by atoms with Crippen LogP contribution in [0.4, 0.5) is 16.2 Å². The first kappa shape index (κ1) is 25.6. The molecular weight excluding hydrogens is 474 g/mol. The van der Waals surface area contributed by atoms with E-state index >= 15 is 0 Å². The number of carbonyl (C=O) groups excluding carboxylic acids is 3. The molecule has 0 saturated carbocycles. The molecule has 1 aliphatic heterocycles. The van der Waals surface area contributed by atoms with Gasteiger partial charge in [0.15, 0.2) is 12.0 Å². The minimum atomic E-state index is -1.47. The first-order chi connectivity index (χ1) is 17.1. The van der Waals surface area contributed by atoms with Gasteiger partial charge in [0.1, 0.15) is 6.54 Å². The molecule has 0 bridgehead atoms. The molecule has 14 heteroatoms. The maximum absolute atomic E-state index is 12.8.